The van der Waals surface area contributed by atoms with Crippen molar-refractivity contribution in [3.63, 3.8) is 0 Å². The van der Waals surface area contributed by atoms with E-state index in [1.807, 2.05) is 11.5 Å². The van der Waals surface area contributed by atoms with Crippen LogP contribution in [0.25, 0.3) is 11.6 Å². The Labute approximate surface area is 136 Å². The fourth-order valence-electron chi connectivity index (χ4n) is 2.16. The molecule has 0 spiro atoms. The number of furan rings is 1. The number of benzene rings is 1. The van der Waals surface area contributed by atoms with E-state index in [2.05, 4.69) is 10.2 Å². The Bertz CT molecular complexity index is 815. The van der Waals surface area contributed by atoms with Gasteiger partial charge in [-0.1, -0.05) is 23.9 Å². The summed E-state index contributed by atoms with van der Waals surface area (Å²) < 4.78 is 20.8. The molecule has 0 unspecified atom stereocenters. The normalized spacial score (nSPS) is 10.9. The number of hydrogen-bond acceptors (Lipinski definition) is 5. The van der Waals surface area contributed by atoms with Crippen LogP contribution in [0.2, 0.25) is 0 Å². The summed E-state index contributed by atoms with van der Waals surface area (Å²) in [5.41, 5.74) is 0.0915. The highest BCUT2D eigenvalue weighted by Crippen LogP contribution is 2.25. The first-order valence-corrected chi connectivity index (χ1v) is 8.07. The molecule has 3 rings (SSSR count). The number of Topliss-reactive ketones (excluding diaryl/α,β-unsaturated/α-hetero) is 1. The molecule has 0 fully saturated rings. The highest BCUT2D eigenvalue weighted by Gasteiger charge is 2.17. The van der Waals surface area contributed by atoms with E-state index in [0.29, 0.717) is 23.3 Å². The van der Waals surface area contributed by atoms with Crippen molar-refractivity contribution in [2.75, 3.05) is 5.75 Å². The molecule has 0 aliphatic rings. The third kappa shape index (κ3) is 3.19. The monoisotopic (exact) mass is 331 g/mol. The molecule has 2 heterocycles. The van der Waals surface area contributed by atoms with E-state index in [0.717, 1.165) is 0 Å². The van der Waals surface area contributed by atoms with Gasteiger partial charge in [-0.05, 0) is 31.2 Å². The van der Waals surface area contributed by atoms with E-state index in [4.69, 9.17) is 4.42 Å². The van der Waals surface area contributed by atoms with Crippen molar-refractivity contribution in [1.82, 2.24) is 14.8 Å². The van der Waals surface area contributed by atoms with E-state index < -0.39 is 5.82 Å². The molecule has 23 heavy (non-hydrogen) atoms. The first kappa shape index (κ1) is 15.5. The van der Waals surface area contributed by atoms with Crippen molar-refractivity contribution in [2.45, 2.75) is 18.6 Å². The zero-order chi connectivity index (χ0) is 16.2. The molecule has 0 aliphatic carbocycles. The smallest absolute Gasteiger partial charge is 0.200 e. The lowest BCUT2D eigenvalue weighted by Gasteiger charge is -2.06. The minimum atomic E-state index is -0.508. The lowest BCUT2D eigenvalue weighted by Crippen LogP contribution is -2.07. The maximum absolute atomic E-state index is 13.6. The number of nitrogens with zero attached hydrogens (tertiary/aromatic N) is 3. The minimum absolute atomic E-state index is 0.0915. The molecule has 7 heteroatoms. The van der Waals surface area contributed by atoms with Gasteiger partial charge in [0.25, 0.3) is 0 Å². The first-order chi connectivity index (χ1) is 11.2. The van der Waals surface area contributed by atoms with Crippen molar-refractivity contribution in [3.05, 3.63) is 54.0 Å². The SMILES string of the molecule is CCn1c(SCC(=O)c2ccccc2F)nnc1-c1ccco1. The Kier molecular flexibility index (Phi) is 4.57. The van der Waals surface area contributed by atoms with E-state index in [1.165, 1.54) is 23.9 Å². The number of ketones is 1. The Morgan fingerprint density at radius 3 is 2.78 bits per heavy atom. The van der Waals surface area contributed by atoms with Crippen LogP contribution >= 0.6 is 11.8 Å². The summed E-state index contributed by atoms with van der Waals surface area (Å²) in [6.45, 7) is 2.60. The second kappa shape index (κ2) is 6.78. The molecule has 0 radical (unpaired) electrons. The van der Waals surface area contributed by atoms with Crippen molar-refractivity contribution in [1.29, 1.82) is 0 Å². The Morgan fingerprint density at radius 2 is 2.09 bits per heavy atom. The number of thioether (sulfide) groups is 1. The fraction of sp³-hybridized carbons (Fsp3) is 0.188. The Balaban J connectivity index is 1.76. The van der Waals surface area contributed by atoms with Crippen LogP contribution in [0.1, 0.15) is 17.3 Å². The van der Waals surface area contributed by atoms with Gasteiger partial charge in [-0.25, -0.2) is 4.39 Å². The van der Waals surface area contributed by atoms with Crippen molar-refractivity contribution in [2.24, 2.45) is 0 Å². The average Bonchev–Trinajstić information content (AvgIpc) is 3.21. The topological polar surface area (TPSA) is 60.9 Å². The number of carbonyl (C=O) groups is 1. The maximum Gasteiger partial charge on any atom is 0.200 e. The zero-order valence-corrected chi connectivity index (χ0v) is 13.2. The van der Waals surface area contributed by atoms with Gasteiger partial charge in [-0.15, -0.1) is 10.2 Å². The molecular weight excluding hydrogens is 317 g/mol. The summed E-state index contributed by atoms with van der Waals surface area (Å²) in [5, 5.41) is 8.81. The molecule has 0 saturated heterocycles. The van der Waals surface area contributed by atoms with E-state index in [1.54, 1.807) is 30.5 Å². The molecule has 1 aromatic carbocycles. The average molecular weight is 331 g/mol. The van der Waals surface area contributed by atoms with E-state index in [9.17, 15) is 9.18 Å². The largest absolute Gasteiger partial charge is 0.461 e. The van der Waals surface area contributed by atoms with Gasteiger partial charge in [0.15, 0.2) is 22.5 Å². The van der Waals surface area contributed by atoms with Gasteiger partial charge in [-0.2, -0.15) is 0 Å². The second-order valence-corrected chi connectivity index (χ2v) is 5.66. The molecule has 0 atom stereocenters. The lowest BCUT2D eigenvalue weighted by molar-refractivity contribution is 0.101. The number of halogens is 1. The van der Waals surface area contributed by atoms with E-state index in [-0.39, 0.29) is 17.1 Å². The molecule has 3 aromatic rings. The number of hydrogen-bond donors (Lipinski definition) is 0. The van der Waals surface area contributed by atoms with Crippen LogP contribution < -0.4 is 0 Å². The number of aromatic nitrogens is 3. The number of carbonyl (C=O) groups excluding carboxylic acids is 1. The molecule has 5 nitrogen and oxygen atoms in total. The van der Waals surface area contributed by atoms with Crippen LogP contribution in [-0.4, -0.2) is 26.3 Å². The van der Waals surface area contributed by atoms with E-state index >= 15 is 0 Å². The van der Waals surface area contributed by atoms with Crippen LogP contribution in [0.15, 0.2) is 52.2 Å². The maximum atomic E-state index is 13.6. The minimum Gasteiger partial charge on any atom is -0.461 e. The first-order valence-electron chi connectivity index (χ1n) is 7.08. The molecular formula is C16H14FN3O2S. The predicted molar refractivity (Wildman–Crippen MR) is 84.9 cm³/mol. The molecule has 0 aliphatic heterocycles. The predicted octanol–water partition coefficient (Wildman–Crippen LogP) is 3.67. The van der Waals surface area contributed by atoms with Crippen LogP contribution in [-0.2, 0) is 6.54 Å². The molecule has 0 saturated carbocycles. The molecule has 2 aromatic heterocycles. The summed E-state index contributed by atoms with van der Waals surface area (Å²) in [5.74, 6) is 0.534. The zero-order valence-electron chi connectivity index (χ0n) is 12.4. The summed E-state index contributed by atoms with van der Waals surface area (Å²) in [7, 11) is 0. The van der Waals surface area contributed by atoms with Gasteiger partial charge in [-0.3, -0.25) is 9.36 Å². The standard InChI is InChI=1S/C16H14FN3O2S/c1-2-20-15(14-8-5-9-22-14)18-19-16(20)23-10-13(21)11-6-3-4-7-12(11)17/h3-9H,2,10H2,1H3. The molecule has 0 N–H and O–H groups in total. The van der Waals surface area contributed by atoms with Crippen LogP contribution in [0, 0.1) is 5.82 Å². The van der Waals surface area contributed by atoms with Gasteiger partial charge in [0.1, 0.15) is 5.82 Å². The Hall–Kier alpha value is -2.41. The van der Waals surface area contributed by atoms with Crippen LogP contribution in [0.5, 0.6) is 0 Å². The van der Waals surface area contributed by atoms with Gasteiger partial charge in [0, 0.05) is 6.54 Å². The van der Waals surface area contributed by atoms with Gasteiger partial charge < -0.3 is 4.42 Å². The van der Waals surface area contributed by atoms with Gasteiger partial charge in [0.05, 0.1) is 17.6 Å². The quantitative estimate of drug-likeness (QED) is 0.509. The Morgan fingerprint density at radius 1 is 1.26 bits per heavy atom. The lowest BCUT2D eigenvalue weighted by atomic mass is 10.1. The van der Waals surface area contributed by atoms with Crippen LogP contribution in [0.4, 0.5) is 4.39 Å². The van der Waals surface area contributed by atoms with Crippen LogP contribution in [0.3, 0.4) is 0 Å². The second-order valence-electron chi connectivity index (χ2n) is 4.72. The van der Waals surface area contributed by atoms with Gasteiger partial charge in [0.2, 0.25) is 0 Å². The number of rotatable bonds is 6. The highest BCUT2D eigenvalue weighted by molar-refractivity contribution is 7.99. The van der Waals surface area contributed by atoms with Crippen molar-refractivity contribution < 1.29 is 13.6 Å². The third-order valence-electron chi connectivity index (χ3n) is 3.28. The summed E-state index contributed by atoms with van der Waals surface area (Å²) in [6, 6.07) is 9.54. The molecule has 0 amide bonds. The van der Waals surface area contributed by atoms with Crippen molar-refractivity contribution in [3.8, 4) is 11.6 Å². The fourth-order valence-corrected chi connectivity index (χ4v) is 3.05. The third-order valence-corrected chi connectivity index (χ3v) is 4.25. The summed E-state index contributed by atoms with van der Waals surface area (Å²) in [6.07, 6.45) is 1.57. The summed E-state index contributed by atoms with van der Waals surface area (Å²) in [4.78, 5) is 12.1. The molecule has 0 bridgehead atoms. The van der Waals surface area contributed by atoms with Crippen molar-refractivity contribution >= 4 is 17.5 Å². The van der Waals surface area contributed by atoms with Gasteiger partial charge >= 0.3 is 0 Å². The summed E-state index contributed by atoms with van der Waals surface area (Å²) >= 11 is 1.23. The highest BCUT2D eigenvalue weighted by atomic mass is 32.2. The molecule has 118 valence electrons.